The van der Waals surface area contributed by atoms with E-state index in [4.69, 9.17) is 0 Å². The van der Waals surface area contributed by atoms with E-state index in [9.17, 15) is 9.18 Å². The average Bonchev–Trinajstić information content (AvgIpc) is 2.96. The van der Waals surface area contributed by atoms with Gasteiger partial charge in [-0.05, 0) is 55.7 Å². The lowest BCUT2D eigenvalue weighted by molar-refractivity contribution is -0.122. The summed E-state index contributed by atoms with van der Waals surface area (Å²) in [6.45, 7) is 0. The van der Waals surface area contributed by atoms with Gasteiger partial charge in [0.1, 0.15) is 5.82 Å². The third-order valence-corrected chi connectivity index (χ3v) is 9.60. The van der Waals surface area contributed by atoms with Gasteiger partial charge in [0.05, 0.1) is 4.08 Å². The highest BCUT2D eigenvalue weighted by Gasteiger charge is 2.55. The molecule has 1 aromatic rings. The molecule has 3 aliphatic rings. The van der Waals surface area contributed by atoms with Gasteiger partial charge in [-0.2, -0.15) is 0 Å². The predicted octanol–water partition coefficient (Wildman–Crippen LogP) is 4.77. The fraction of sp³-hybridized carbons (Fsp3) is 0.611. The minimum absolute atomic E-state index is 0.0790. The first-order valence-corrected chi connectivity index (χ1v) is 10.5. The zero-order chi connectivity index (χ0) is 15.9. The second-order valence-electron chi connectivity index (χ2n) is 6.91. The van der Waals surface area contributed by atoms with Crippen LogP contribution in [0.2, 0.25) is 0 Å². The number of benzene rings is 1. The number of amides is 1. The Morgan fingerprint density at radius 3 is 2.52 bits per heavy atom. The monoisotopic (exact) mass is 351 g/mol. The molecule has 1 spiro atoms. The highest BCUT2D eigenvalue weighted by molar-refractivity contribution is 8.21. The molecule has 2 bridgehead atoms. The van der Waals surface area contributed by atoms with Crippen molar-refractivity contribution >= 4 is 35.1 Å². The summed E-state index contributed by atoms with van der Waals surface area (Å²) >= 11 is 4.32. The average molecular weight is 352 g/mol. The lowest BCUT2D eigenvalue weighted by Crippen LogP contribution is -2.48. The summed E-state index contributed by atoms with van der Waals surface area (Å²) in [6, 6.07) is 6.20. The van der Waals surface area contributed by atoms with Crippen molar-refractivity contribution in [1.29, 1.82) is 0 Å². The first kappa shape index (κ1) is 15.8. The Labute approximate surface area is 145 Å². The van der Waals surface area contributed by atoms with Crippen LogP contribution in [0.3, 0.4) is 0 Å². The Bertz CT molecular complexity index is 586. The van der Waals surface area contributed by atoms with Crippen molar-refractivity contribution in [3.63, 3.8) is 0 Å². The lowest BCUT2D eigenvalue weighted by atomic mass is 9.67. The highest BCUT2D eigenvalue weighted by Crippen LogP contribution is 2.64. The molecular weight excluding hydrogens is 329 g/mol. The van der Waals surface area contributed by atoms with E-state index in [0.717, 1.165) is 12.8 Å². The Balaban J connectivity index is 1.48. The lowest BCUT2D eigenvalue weighted by Gasteiger charge is -2.52. The molecule has 4 rings (SSSR count). The summed E-state index contributed by atoms with van der Waals surface area (Å²) in [7, 11) is 0. The number of carbonyl (C=O) groups excluding carboxylic acids is 1. The quantitative estimate of drug-likeness (QED) is 0.832. The van der Waals surface area contributed by atoms with E-state index in [2.05, 4.69) is 28.8 Å². The van der Waals surface area contributed by atoms with Crippen LogP contribution in [0, 0.1) is 23.6 Å². The molecule has 1 saturated heterocycles. The van der Waals surface area contributed by atoms with Gasteiger partial charge in [0.25, 0.3) is 0 Å². The molecule has 1 heterocycles. The molecule has 5 heteroatoms. The summed E-state index contributed by atoms with van der Waals surface area (Å²) in [5, 5.41) is 2.93. The summed E-state index contributed by atoms with van der Waals surface area (Å²) in [6.07, 6.45) is 5.84. The molecule has 23 heavy (non-hydrogen) atoms. The Kier molecular flexibility index (Phi) is 4.35. The standard InChI is InChI=1S/C18H22FNOS2/c19-15-5-2-6-16(11-15)20-17(21)12-9-13-3-1-4-14(10-12)18(13)22-7-8-23-18/h2,5-6,11-14H,1,3-4,7-10H2,(H,20,21). The van der Waals surface area contributed by atoms with Gasteiger partial charge in [-0.25, -0.2) is 4.39 Å². The number of halogens is 1. The number of hydrogen-bond donors (Lipinski definition) is 1. The van der Waals surface area contributed by atoms with E-state index in [0.29, 0.717) is 21.6 Å². The molecule has 2 nitrogen and oxygen atoms in total. The topological polar surface area (TPSA) is 29.1 Å². The van der Waals surface area contributed by atoms with Crippen LogP contribution >= 0.6 is 23.5 Å². The van der Waals surface area contributed by atoms with Gasteiger partial charge in [-0.1, -0.05) is 12.5 Å². The van der Waals surface area contributed by atoms with Crippen LogP contribution in [0.4, 0.5) is 10.1 Å². The SMILES string of the molecule is O=C(Nc1cccc(F)c1)C1CC2CCCC(C1)C21SCCS1. The molecule has 2 unspecified atom stereocenters. The fourth-order valence-electron chi connectivity index (χ4n) is 4.63. The largest absolute Gasteiger partial charge is 0.326 e. The third-order valence-electron chi connectivity index (χ3n) is 5.58. The maximum absolute atomic E-state index is 13.3. The van der Waals surface area contributed by atoms with Gasteiger partial charge < -0.3 is 5.32 Å². The molecule has 0 radical (unpaired) electrons. The summed E-state index contributed by atoms with van der Waals surface area (Å²) in [4.78, 5) is 12.7. The first-order chi connectivity index (χ1) is 11.2. The molecule has 1 aromatic carbocycles. The minimum Gasteiger partial charge on any atom is -0.326 e. The van der Waals surface area contributed by atoms with Crippen LogP contribution in [0.1, 0.15) is 32.1 Å². The maximum Gasteiger partial charge on any atom is 0.227 e. The van der Waals surface area contributed by atoms with E-state index in [1.807, 2.05) is 0 Å². The normalized spacial score (nSPS) is 32.0. The van der Waals surface area contributed by atoms with Gasteiger partial charge in [0.2, 0.25) is 5.91 Å². The molecule has 0 aromatic heterocycles. The maximum atomic E-state index is 13.3. The third kappa shape index (κ3) is 2.91. The molecule has 3 fully saturated rings. The van der Waals surface area contributed by atoms with Gasteiger partial charge in [0.15, 0.2) is 0 Å². The Morgan fingerprint density at radius 1 is 1.17 bits per heavy atom. The van der Waals surface area contributed by atoms with Crippen LogP contribution in [0.5, 0.6) is 0 Å². The molecule has 2 aliphatic carbocycles. The minimum atomic E-state index is -0.305. The van der Waals surface area contributed by atoms with Crippen molar-refractivity contribution in [1.82, 2.24) is 0 Å². The molecule has 1 amide bonds. The summed E-state index contributed by atoms with van der Waals surface area (Å²) in [5.74, 6) is 3.71. The number of rotatable bonds is 2. The number of nitrogens with one attached hydrogen (secondary N) is 1. The van der Waals surface area contributed by atoms with Crippen LogP contribution in [0.15, 0.2) is 24.3 Å². The van der Waals surface area contributed by atoms with Crippen molar-refractivity contribution in [2.45, 2.75) is 36.2 Å². The van der Waals surface area contributed by atoms with E-state index in [1.54, 1.807) is 12.1 Å². The number of hydrogen-bond acceptors (Lipinski definition) is 3. The number of carbonyl (C=O) groups is 1. The molecule has 2 saturated carbocycles. The van der Waals surface area contributed by atoms with Crippen molar-refractivity contribution < 1.29 is 9.18 Å². The van der Waals surface area contributed by atoms with Crippen molar-refractivity contribution in [2.75, 3.05) is 16.8 Å². The van der Waals surface area contributed by atoms with E-state index in [-0.39, 0.29) is 17.6 Å². The van der Waals surface area contributed by atoms with Crippen molar-refractivity contribution in [3.8, 4) is 0 Å². The Hall–Kier alpha value is -0.680. The van der Waals surface area contributed by atoms with Crippen LogP contribution in [-0.2, 0) is 4.79 Å². The molecule has 1 aliphatic heterocycles. The summed E-state index contributed by atoms with van der Waals surface area (Å²) < 4.78 is 13.7. The second kappa shape index (κ2) is 6.32. The van der Waals surface area contributed by atoms with E-state index < -0.39 is 0 Å². The van der Waals surface area contributed by atoms with Gasteiger partial charge in [0, 0.05) is 23.1 Å². The molecule has 1 N–H and O–H groups in total. The zero-order valence-electron chi connectivity index (χ0n) is 13.1. The molecular formula is C18H22FNOS2. The van der Waals surface area contributed by atoms with Crippen LogP contribution in [-0.4, -0.2) is 21.5 Å². The smallest absolute Gasteiger partial charge is 0.227 e. The van der Waals surface area contributed by atoms with Crippen molar-refractivity contribution in [2.24, 2.45) is 17.8 Å². The summed E-state index contributed by atoms with van der Waals surface area (Å²) in [5.41, 5.74) is 0.574. The second-order valence-corrected chi connectivity index (χ2v) is 9.91. The van der Waals surface area contributed by atoms with Gasteiger partial charge in [-0.15, -0.1) is 23.5 Å². The fourth-order valence-corrected chi connectivity index (χ4v) is 8.57. The predicted molar refractivity (Wildman–Crippen MR) is 96.2 cm³/mol. The number of anilines is 1. The number of thioether (sulfide) groups is 2. The zero-order valence-corrected chi connectivity index (χ0v) is 14.7. The highest BCUT2D eigenvalue weighted by atomic mass is 32.2. The van der Waals surface area contributed by atoms with Crippen LogP contribution in [0.25, 0.3) is 0 Å². The molecule has 2 atom stereocenters. The van der Waals surface area contributed by atoms with E-state index in [1.165, 1.54) is 42.9 Å². The van der Waals surface area contributed by atoms with Gasteiger partial charge in [-0.3, -0.25) is 4.79 Å². The van der Waals surface area contributed by atoms with Crippen LogP contribution < -0.4 is 5.32 Å². The van der Waals surface area contributed by atoms with E-state index >= 15 is 0 Å². The Morgan fingerprint density at radius 2 is 1.87 bits per heavy atom. The first-order valence-electron chi connectivity index (χ1n) is 8.52. The van der Waals surface area contributed by atoms with Gasteiger partial charge >= 0.3 is 0 Å². The van der Waals surface area contributed by atoms with Crippen molar-refractivity contribution in [3.05, 3.63) is 30.1 Å². The molecule has 124 valence electrons.